The summed E-state index contributed by atoms with van der Waals surface area (Å²) in [6.45, 7) is -0.206. The number of hydrogen-bond acceptors (Lipinski definition) is 6. The molecule has 0 amide bonds. The number of carbonyl (C=O) groups is 1. The predicted octanol–water partition coefficient (Wildman–Crippen LogP) is 0.529. The summed E-state index contributed by atoms with van der Waals surface area (Å²) in [5.74, 6) is -0.914. The summed E-state index contributed by atoms with van der Waals surface area (Å²) in [4.78, 5) is 14.1. The Balaban J connectivity index is 2.12. The smallest absolute Gasteiger partial charge is 0.337 e. The zero-order valence-corrected chi connectivity index (χ0v) is 11.1. The zero-order valence-electron chi connectivity index (χ0n) is 11.1. The predicted molar refractivity (Wildman–Crippen MR) is 70.9 cm³/mol. The van der Waals surface area contributed by atoms with Gasteiger partial charge in [0.25, 0.3) is 0 Å². The molecule has 0 unspecified atom stereocenters. The fourth-order valence-electron chi connectivity index (χ4n) is 2.02. The second kappa shape index (κ2) is 7.05. The molecule has 2 N–H and O–H groups in total. The molecule has 8 heteroatoms. The lowest BCUT2D eigenvalue weighted by Crippen LogP contribution is -2.46. The molecule has 8 nitrogen and oxygen atoms in total. The number of benzene rings is 1. The highest BCUT2D eigenvalue weighted by Gasteiger charge is 2.41. The van der Waals surface area contributed by atoms with Crippen LogP contribution in [0.2, 0.25) is 0 Å². The molecule has 1 aromatic carbocycles. The first-order valence-electron chi connectivity index (χ1n) is 6.36. The van der Waals surface area contributed by atoms with E-state index in [1.54, 1.807) is 12.1 Å². The van der Waals surface area contributed by atoms with Gasteiger partial charge in [0.05, 0.1) is 12.7 Å². The Morgan fingerprint density at radius 3 is 2.76 bits per heavy atom. The van der Waals surface area contributed by atoms with Crippen molar-refractivity contribution in [1.82, 2.24) is 0 Å². The lowest BCUT2D eigenvalue weighted by atomic mass is 10.0. The molecule has 0 aliphatic carbocycles. The molecule has 4 atom stereocenters. The van der Waals surface area contributed by atoms with Crippen LogP contribution >= 0.6 is 0 Å². The Morgan fingerprint density at radius 1 is 1.38 bits per heavy atom. The first-order chi connectivity index (χ1) is 10.1. The maximum atomic E-state index is 11.5. The quantitative estimate of drug-likeness (QED) is 0.362. The van der Waals surface area contributed by atoms with Gasteiger partial charge in [0.1, 0.15) is 18.8 Å². The largest absolute Gasteiger partial charge is 0.463 e. The minimum atomic E-state index is -1.64. The van der Waals surface area contributed by atoms with Crippen LogP contribution in [0.25, 0.3) is 10.4 Å². The Morgan fingerprint density at radius 2 is 2.10 bits per heavy atom. The monoisotopic (exact) mass is 293 g/mol. The van der Waals surface area contributed by atoms with Gasteiger partial charge >= 0.3 is 5.97 Å². The normalized spacial score (nSPS) is 29.1. The van der Waals surface area contributed by atoms with E-state index in [0.717, 1.165) is 5.56 Å². The number of esters is 1. The van der Waals surface area contributed by atoms with E-state index >= 15 is 0 Å². The molecule has 0 saturated carbocycles. The standard InChI is InChI=1S/C13H15N3O5/c14-16-15-9-7-21-13(19)11(18)12(10(9)17)20-6-8-4-2-1-3-5-8/h1-5,9-12,17-18H,6-7H2/t9-,10+,11-,12+/m0/s1. The van der Waals surface area contributed by atoms with Crippen molar-refractivity contribution in [2.24, 2.45) is 5.11 Å². The number of nitrogens with zero attached hydrogens (tertiary/aromatic N) is 3. The van der Waals surface area contributed by atoms with Gasteiger partial charge in [-0.1, -0.05) is 35.4 Å². The number of carbonyl (C=O) groups excluding carboxylic acids is 1. The number of azide groups is 1. The van der Waals surface area contributed by atoms with Crippen LogP contribution in [0.15, 0.2) is 35.4 Å². The molecule has 112 valence electrons. The van der Waals surface area contributed by atoms with E-state index in [4.69, 9.17) is 15.0 Å². The topological polar surface area (TPSA) is 125 Å². The summed E-state index contributed by atoms with van der Waals surface area (Å²) in [6, 6.07) is 8.08. The van der Waals surface area contributed by atoms with Gasteiger partial charge in [0.15, 0.2) is 6.10 Å². The van der Waals surface area contributed by atoms with E-state index in [2.05, 4.69) is 10.0 Å². The van der Waals surface area contributed by atoms with Crippen LogP contribution in [0.5, 0.6) is 0 Å². The second-order valence-corrected chi connectivity index (χ2v) is 4.60. The van der Waals surface area contributed by atoms with Crippen LogP contribution in [-0.4, -0.2) is 47.1 Å². The van der Waals surface area contributed by atoms with Crippen LogP contribution in [0, 0.1) is 0 Å². The first kappa shape index (κ1) is 15.3. The highest BCUT2D eigenvalue weighted by atomic mass is 16.6. The number of aliphatic hydroxyl groups is 2. The molecule has 1 aliphatic heterocycles. The lowest BCUT2D eigenvalue weighted by molar-refractivity contribution is -0.163. The zero-order chi connectivity index (χ0) is 15.2. The summed E-state index contributed by atoms with van der Waals surface area (Å²) < 4.78 is 10.2. The van der Waals surface area contributed by atoms with E-state index in [0.29, 0.717) is 0 Å². The van der Waals surface area contributed by atoms with Crippen molar-refractivity contribution in [2.45, 2.75) is 31.0 Å². The molecule has 1 fully saturated rings. The lowest BCUT2D eigenvalue weighted by Gasteiger charge is -2.25. The van der Waals surface area contributed by atoms with Crippen molar-refractivity contribution in [3.05, 3.63) is 46.3 Å². The third-order valence-corrected chi connectivity index (χ3v) is 3.17. The number of rotatable bonds is 4. The van der Waals surface area contributed by atoms with Crippen molar-refractivity contribution >= 4 is 5.97 Å². The Labute approximate surface area is 120 Å². The SMILES string of the molecule is [N-]=[N+]=N[C@H]1COC(=O)[C@@H](O)[C@H](OCc2ccccc2)[C@@H]1O. The minimum absolute atomic E-state index is 0.0931. The molecular weight excluding hydrogens is 278 g/mol. The van der Waals surface area contributed by atoms with Crippen LogP contribution in [0.4, 0.5) is 0 Å². The maximum Gasteiger partial charge on any atom is 0.337 e. The van der Waals surface area contributed by atoms with Crippen molar-refractivity contribution < 1.29 is 24.5 Å². The fraction of sp³-hybridized carbons (Fsp3) is 0.462. The van der Waals surface area contributed by atoms with E-state index in [1.165, 1.54) is 0 Å². The second-order valence-electron chi connectivity index (χ2n) is 4.60. The first-order valence-corrected chi connectivity index (χ1v) is 6.36. The molecule has 1 saturated heterocycles. The summed E-state index contributed by atoms with van der Waals surface area (Å²) in [7, 11) is 0. The summed E-state index contributed by atoms with van der Waals surface area (Å²) in [5.41, 5.74) is 9.27. The van der Waals surface area contributed by atoms with Crippen molar-refractivity contribution in [3.8, 4) is 0 Å². The van der Waals surface area contributed by atoms with Gasteiger partial charge in [-0.25, -0.2) is 4.79 Å². The van der Waals surface area contributed by atoms with E-state index < -0.39 is 30.3 Å². The van der Waals surface area contributed by atoms with Gasteiger partial charge in [0, 0.05) is 4.91 Å². The van der Waals surface area contributed by atoms with Crippen LogP contribution in [0.1, 0.15) is 5.56 Å². The van der Waals surface area contributed by atoms with Gasteiger partial charge < -0.3 is 19.7 Å². The van der Waals surface area contributed by atoms with Crippen LogP contribution in [0.3, 0.4) is 0 Å². The summed E-state index contributed by atoms with van der Waals surface area (Å²) in [5, 5.41) is 23.3. The summed E-state index contributed by atoms with van der Waals surface area (Å²) >= 11 is 0. The van der Waals surface area contributed by atoms with E-state index in [9.17, 15) is 15.0 Å². The Hall–Kier alpha value is -2.12. The number of ether oxygens (including phenoxy) is 2. The van der Waals surface area contributed by atoms with Crippen molar-refractivity contribution in [1.29, 1.82) is 0 Å². The highest BCUT2D eigenvalue weighted by Crippen LogP contribution is 2.19. The van der Waals surface area contributed by atoms with Gasteiger partial charge in [-0.2, -0.15) is 0 Å². The third kappa shape index (κ3) is 3.71. The molecule has 1 heterocycles. The fourth-order valence-corrected chi connectivity index (χ4v) is 2.02. The highest BCUT2D eigenvalue weighted by molar-refractivity contribution is 5.75. The van der Waals surface area contributed by atoms with Crippen LogP contribution < -0.4 is 0 Å². The van der Waals surface area contributed by atoms with Gasteiger partial charge in [-0.05, 0) is 11.1 Å². The number of hydrogen-bond donors (Lipinski definition) is 2. The van der Waals surface area contributed by atoms with Crippen molar-refractivity contribution in [3.63, 3.8) is 0 Å². The Bertz CT molecular complexity index is 532. The molecule has 0 aromatic heterocycles. The molecule has 1 aromatic rings. The van der Waals surface area contributed by atoms with E-state index in [-0.39, 0.29) is 13.2 Å². The average Bonchev–Trinajstić information content (AvgIpc) is 2.60. The third-order valence-electron chi connectivity index (χ3n) is 3.17. The molecule has 21 heavy (non-hydrogen) atoms. The molecule has 1 aliphatic rings. The average molecular weight is 293 g/mol. The molecular formula is C13H15N3O5. The van der Waals surface area contributed by atoms with Gasteiger partial charge in [-0.3, -0.25) is 0 Å². The number of cyclic esters (lactones) is 1. The maximum absolute atomic E-state index is 11.5. The molecule has 0 radical (unpaired) electrons. The van der Waals surface area contributed by atoms with Crippen molar-refractivity contribution in [2.75, 3.05) is 6.61 Å². The van der Waals surface area contributed by atoms with Gasteiger partial charge in [-0.15, -0.1) is 0 Å². The van der Waals surface area contributed by atoms with Gasteiger partial charge in [0.2, 0.25) is 0 Å². The molecule has 2 rings (SSSR count). The van der Waals surface area contributed by atoms with Crippen LogP contribution in [-0.2, 0) is 20.9 Å². The Kier molecular flexibility index (Phi) is 5.13. The molecule has 0 spiro atoms. The molecule has 0 bridgehead atoms. The number of aliphatic hydroxyl groups excluding tert-OH is 2. The summed E-state index contributed by atoms with van der Waals surface area (Å²) in [6.07, 6.45) is -4.20. The van der Waals surface area contributed by atoms with E-state index in [1.807, 2.05) is 18.2 Å². The minimum Gasteiger partial charge on any atom is -0.463 e.